The predicted octanol–water partition coefficient (Wildman–Crippen LogP) is 0.738. The molecule has 5 heteroatoms. The SMILES string of the molecule is Cc1c[nH]c(=S)[nH]c1=O.[Au]. The zero-order chi connectivity index (χ0) is 6.85. The quantitative estimate of drug-likeness (QED) is 0.541. The summed E-state index contributed by atoms with van der Waals surface area (Å²) in [5, 5.41) is 0. The number of aromatic nitrogens is 2. The molecule has 0 fully saturated rings. The van der Waals surface area contributed by atoms with Gasteiger partial charge in [-0.25, -0.2) is 0 Å². The van der Waals surface area contributed by atoms with Crippen molar-refractivity contribution in [1.82, 2.24) is 9.97 Å². The smallest absolute Gasteiger partial charge is 0.254 e. The predicted molar refractivity (Wildman–Crippen MR) is 37.0 cm³/mol. The molecule has 3 nitrogen and oxygen atoms in total. The average molecular weight is 339 g/mol. The number of hydrogen-bond donors (Lipinski definition) is 2. The van der Waals surface area contributed by atoms with Crippen LogP contribution in [0.25, 0.3) is 0 Å². The molecule has 0 amide bonds. The molecule has 0 spiro atoms. The first-order chi connectivity index (χ1) is 4.20. The van der Waals surface area contributed by atoms with Crippen molar-refractivity contribution in [1.29, 1.82) is 0 Å². The molecule has 0 atom stereocenters. The van der Waals surface area contributed by atoms with Crippen LogP contribution < -0.4 is 5.56 Å². The van der Waals surface area contributed by atoms with Gasteiger partial charge in [-0.3, -0.25) is 9.78 Å². The normalized spacial score (nSPS) is 8.50. The van der Waals surface area contributed by atoms with Gasteiger partial charge in [0.25, 0.3) is 5.56 Å². The number of aromatic amines is 2. The third kappa shape index (κ3) is 2.22. The molecule has 1 aromatic rings. The molecular weight excluding hydrogens is 333 g/mol. The molecule has 0 bridgehead atoms. The largest absolute Gasteiger partial charge is 0.338 e. The number of hydrogen-bond acceptors (Lipinski definition) is 2. The Bertz CT molecular complexity index is 316. The Kier molecular flexibility index (Phi) is 3.81. The van der Waals surface area contributed by atoms with Crippen LogP contribution in [0.15, 0.2) is 11.0 Å². The van der Waals surface area contributed by atoms with Crippen molar-refractivity contribution in [2.75, 3.05) is 0 Å². The molecule has 0 saturated carbocycles. The zero-order valence-corrected chi connectivity index (χ0v) is 8.18. The van der Waals surface area contributed by atoms with E-state index in [2.05, 4.69) is 22.2 Å². The molecule has 2 N–H and O–H groups in total. The fourth-order valence-electron chi connectivity index (χ4n) is 0.477. The first-order valence-corrected chi connectivity index (χ1v) is 2.89. The number of aryl methyl sites for hydroxylation is 1. The summed E-state index contributed by atoms with van der Waals surface area (Å²) >= 11 is 4.65. The van der Waals surface area contributed by atoms with E-state index in [-0.39, 0.29) is 27.9 Å². The van der Waals surface area contributed by atoms with Gasteiger partial charge in [0, 0.05) is 34.1 Å². The maximum atomic E-state index is 10.7. The second-order valence-corrected chi connectivity index (χ2v) is 2.16. The van der Waals surface area contributed by atoms with Crippen molar-refractivity contribution >= 4 is 12.2 Å². The van der Waals surface area contributed by atoms with Crippen molar-refractivity contribution in [2.45, 2.75) is 6.92 Å². The maximum Gasteiger partial charge on any atom is 0.254 e. The minimum absolute atomic E-state index is 0. The Balaban J connectivity index is 0.000000810. The van der Waals surface area contributed by atoms with E-state index in [0.29, 0.717) is 10.3 Å². The van der Waals surface area contributed by atoms with Crippen LogP contribution in [0.4, 0.5) is 0 Å². The van der Waals surface area contributed by atoms with Gasteiger partial charge in [-0.15, -0.1) is 0 Å². The molecule has 10 heavy (non-hydrogen) atoms. The Morgan fingerprint density at radius 3 is 2.60 bits per heavy atom. The molecule has 0 aliphatic carbocycles. The van der Waals surface area contributed by atoms with E-state index in [0.717, 1.165) is 0 Å². The van der Waals surface area contributed by atoms with E-state index in [1.165, 1.54) is 0 Å². The van der Waals surface area contributed by atoms with Gasteiger partial charge >= 0.3 is 0 Å². The number of H-pyrrole nitrogens is 2. The fourth-order valence-corrected chi connectivity index (χ4v) is 0.629. The molecule has 1 rings (SSSR count). The molecule has 1 heterocycles. The minimum Gasteiger partial charge on any atom is -0.338 e. The summed E-state index contributed by atoms with van der Waals surface area (Å²) in [6, 6.07) is 0. The number of nitrogens with one attached hydrogen (secondary N) is 2. The van der Waals surface area contributed by atoms with Crippen molar-refractivity contribution in [2.24, 2.45) is 0 Å². The Morgan fingerprint density at radius 2 is 2.20 bits per heavy atom. The van der Waals surface area contributed by atoms with E-state index in [1.54, 1.807) is 13.1 Å². The van der Waals surface area contributed by atoms with Gasteiger partial charge in [0.1, 0.15) is 0 Å². The molecule has 0 aromatic carbocycles. The third-order valence-corrected chi connectivity index (χ3v) is 1.22. The van der Waals surface area contributed by atoms with Crippen LogP contribution in [-0.4, -0.2) is 9.97 Å². The summed E-state index contributed by atoms with van der Waals surface area (Å²) in [7, 11) is 0. The van der Waals surface area contributed by atoms with E-state index in [9.17, 15) is 4.79 Å². The number of rotatable bonds is 0. The summed E-state index contributed by atoms with van der Waals surface area (Å²) in [6.45, 7) is 1.71. The van der Waals surface area contributed by atoms with Crippen molar-refractivity contribution in [3.63, 3.8) is 0 Å². The van der Waals surface area contributed by atoms with Gasteiger partial charge in [0.05, 0.1) is 0 Å². The van der Waals surface area contributed by atoms with Crippen molar-refractivity contribution in [3.8, 4) is 0 Å². The molecule has 1 radical (unpaired) electrons. The van der Waals surface area contributed by atoms with Gasteiger partial charge in [-0.2, -0.15) is 0 Å². The van der Waals surface area contributed by atoms with Crippen LogP contribution in [0.2, 0.25) is 0 Å². The van der Waals surface area contributed by atoms with Gasteiger partial charge in [0.15, 0.2) is 4.77 Å². The first kappa shape index (κ1) is 9.84. The maximum absolute atomic E-state index is 10.7. The Morgan fingerprint density at radius 1 is 1.60 bits per heavy atom. The Hall–Kier alpha value is -0.160. The van der Waals surface area contributed by atoms with Crippen LogP contribution in [0.5, 0.6) is 0 Å². The van der Waals surface area contributed by atoms with Gasteiger partial charge in [-0.05, 0) is 19.1 Å². The van der Waals surface area contributed by atoms with Gasteiger partial charge in [-0.1, -0.05) is 0 Å². The van der Waals surface area contributed by atoms with E-state index >= 15 is 0 Å². The van der Waals surface area contributed by atoms with E-state index in [1.807, 2.05) is 0 Å². The molecule has 0 aliphatic rings. The van der Waals surface area contributed by atoms with Crippen LogP contribution in [-0.2, 0) is 22.4 Å². The summed E-state index contributed by atoms with van der Waals surface area (Å²) in [6.07, 6.45) is 1.58. The third-order valence-electron chi connectivity index (χ3n) is 1.00. The monoisotopic (exact) mass is 339 g/mol. The summed E-state index contributed by atoms with van der Waals surface area (Å²) in [4.78, 5) is 15.8. The Labute approximate surface area is 78.4 Å². The minimum atomic E-state index is -0.126. The van der Waals surface area contributed by atoms with Gasteiger partial charge < -0.3 is 4.98 Å². The second kappa shape index (κ2) is 3.88. The fraction of sp³-hybridized carbons (Fsp3) is 0.200. The summed E-state index contributed by atoms with van der Waals surface area (Å²) in [5.74, 6) is 0. The average Bonchev–Trinajstić information content (AvgIpc) is 1.80. The van der Waals surface area contributed by atoms with Crippen molar-refractivity contribution in [3.05, 3.63) is 26.9 Å². The van der Waals surface area contributed by atoms with Gasteiger partial charge in [0.2, 0.25) is 0 Å². The molecule has 0 aliphatic heterocycles. The van der Waals surface area contributed by atoms with E-state index < -0.39 is 0 Å². The molecule has 0 unspecified atom stereocenters. The zero-order valence-electron chi connectivity index (χ0n) is 5.20. The van der Waals surface area contributed by atoms with Crippen molar-refractivity contribution < 1.29 is 22.4 Å². The van der Waals surface area contributed by atoms with E-state index in [4.69, 9.17) is 0 Å². The van der Waals surface area contributed by atoms with Crippen LogP contribution in [0.1, 0.15) is 5.56 Å². The summed E-state index contributed by atoms with van der Waals surface area (Å²) < 4.78 is 0.366. The molecule has 0 saturated heterocycles. The molecule has 1 aromatic heterocycles. The molecular formula is C5H6AuN2OS. The summed E-state index contributed by atoms with van der Waals surface area (Å²) in [5.41, 5.74) is 0.516. The first-order valence-electron chi connectivity index (χ1n) is 2.49. The topological polar surface area (TPSA) is 48.6 Å². The molecule has 59 valence electrons. The van der Waals surface area contributed by atoms with Crippen LogP contribution in [0, 0.1) is 11.7 Å². The standard InChI is InChI=1S/C5H6N2OS.Au/c1-3-2-6-5(9)7-4(3)8;/h2H,1H3,(H2,6,7,8,9);. The second-order valence-electron chi connectivity index (χ2n) is 1.75. The van der Waals surface area contributed by atoms with Crippen LogP contribution in [0.3, 0.4) is 0 Å². The van der Waals surface area contributed by atoms with Crippen LogP contribution >= 0.6 is 12.2 Å².